The van der Waals surface area contributed by atoms with Gasteiger partial charge in [0.2, 0.25) is 0 Å². The molecule has 0 bridgehead atoms. The van der Waals surface area contributed by atoms with E-state index in [0.717, 1.165) is 0 Å². The zero-order valence-electron chi connectivity index (χ0n) is 10.5. The molecule has 1 heterocycles. The summed E-state index contributed by atoms with van der Waals surface area (Å²) in [6.07, 6.45) is 0. The van der Waals surface area contributed by atoms with Crippen LogP contribution in [0.1, 0.15) is 5.69 Å². The summed E-state index contributed by atoms with van der Waals surface area (Å²) in [4.78, 5) is 34.8. The molecule has 6 nitrogen and oxygen atoms in total. The molecule has 0 spiro atoms. The van der Waals surface area contributed by atoms with Crippen molar-refractivity contribution in [1.29, 1.82) is 0 Å². The molecule has 104 valence electrons. The maximum Gasteiger partial charge on any atom is 0.336 e. The van der Waals surface area contributed by atoms with E-state index < -0.39 is 23.8 Å². The summed E-state index contributed by atoms with van der Waals surface area (Å²) in [6.45, 7) is 0.889. The monoisotopic (exact) mass is 294 g/mol. The normalized spacial score (nSPS) is 10.5. The van der Waals surface area contributed by atoms with Crippen molar-refractivity contribution in [2.75, 3.05) is 0 Å². The van der Waals surface area contributed by atoms with Gasteiger partial charge in [0.1, 0.15) is 6.54 Å². The zero-order chi connectivity index (χ0) is 14.9. The lowest BCUT2D eigenvalue weighted by molar-refractivity contribution is -0.137. The van der Waals surface area contributed by atoms with Crippen molar-refractivity contribution in [2.45, 2.75) is 13.5 Å². The Labute approximate surface area is 118 Å². The van der Waals surface area contributed by atoms with Crippen molar-refractivity contribution in [2.24, 2.45) is 0 Å². The second-order valence-corrected chi connectivity index (χ2v) is 4.58. The molecule has 7 heteroatoms. The summed E-state index contributed by atoms with van der Waals surface area (Å²) in [5.74, 6) is -1.27. The van der Waals surface area contributed by atoms with Crippen LogP contribution in [0.25, 0.3) is 5.69 Å². The van der Waals surface area contributed by atoms with Gasteiger partial charge in [-0.2, -0.15) is 0 Å². The van der Waals surface area contributed by atoms with Crippen LogP contribution in [0.2, 0.25) is 5.02 Å². The van der Waals surface area contributed by atoms with E-state index in [1.54, 1.807) is 31.2 Å². The van der Waals surface area contributed by atoms with Crippen molar-refractivity contribution in [3.63, 3.8) is 0 Å². The molecule has 0 aliphatic rings. The Morgan fingerprint density at radius 3 is 2.55 bits per heavy atom. The molecule has 20 heavy (non-hydrogen) atoms. The molecule has 0 atom stereocenters. The second-order valence-electron chi connectivity index (χ2n) is 4.17. The number of halogens is 1. The highest BCUT2D eigenvalue weighted by Crippen LogP contribution is 2.18. The van der Waals surface area contributed by atoms with Gasteiger partial charge in [-0.1, -0.05) is 23.7 Å². The van der Waals surface area contributed by atoms with Crippen molar-refractivity contribution >= 4 is 17.6 Å². The summed E-state index contributed by atoms with van der Waals surface area (Å²) in [5, 5.41) is 9.10. The van der Waals surface area contributed by atoms with Gasteiger partial charge in [0.25, 0.3) is 5.56 Å². The first kappa shape index (κ1) is 14.1. The molecule has 0 saturated carbocycles. The number of aryl methyl sites for hydroxylation is 1. The van der Waals surface area contributed by atoms with Gasteiger partial charge in [-0.05, 0) is 19.1 Å². The SMILES string of the molecule is Cc1cc(=O)n(CC(=O)O)c(=O)n1-c1ccccc1Cl. The minimum Gasteiger partial charge on any atom is -0.480 e. The van der Waals surface area contributed by atoms with Crippen LogP contribution in [-0.2, 0) is 11.3 Å². The number of hydrogen-bond donors (Lipinski definition) is 1. The Balaban J connectivity index is 2.78. The topological polar surface area (TPSA) is 81.3 Å². The van der Waals surface area contributed by atoms with Crippen LogP contribution < -0.4 is 11.2 Å². The van der Waals surface area contributed by atoms with Crippen molar-refractivity contribution in [3.05, 3.63) is 61.9 Å². The quantitative estimate of drug-likeness (QED) is 0.917. The third-order valence-electron chi connectivity index (χ3n) is 2.76. The number of aliphatic carboxylic acids is 1. The van der Waals surface area contributed by atoms with E-state index in [9.17, 15) is 14.4 Å². The fraction of sp³-hybridized carbons (Fsp3) is 0.154. The van der Waals surface area contributed by atoms with Crippen LogP contribution >= 0.6 is 11.6 Å². The minimum atomic E-state index is -1.27. The maximum atomic E-state index is 12.3. The molecule has 1 aromatic heterocycles. The molecule has 1 aromatic carbocycles. The van der Waals surface area contributed by atoms with E-state index in [0.29, 0.717) is 21.0 Å². The molecule has 1 N–H and O–H groups in total. The van der Waals surface area contributed by atoms with Gasteiger partial charge in [0, 0.05) is 11.8 Å². The van der Waals surface area contributed by atoms with Gasteiger partial charge >= 0.3 is 11.7 Å². The van der Waals surface area contributed by atoms with Gasteiger partial charge in [-0.25, -0.2) is 9.36 Å². The van der Waals surface area contributed by atoms with Crippen LogP contribution in [0, 0.1) is 6.92 Å². The molecule has 0 unspecified atom stereocenters. The average molecular weight is 295 g/mol. The molecule has 0 aliphatic heterocycles. The lowest BCUT2D eigenvalue weighted by Crippen LogP contribution is -2.41. The van der Waals surface area contributed by atoms with Crippen LogP contribution in [0.4, 0.5) is 0 Å². The number of aromatic nitrogens is 2. The third-order valence-corrected chi connectivity index (χ3v) is 3.08. The van der Waals surface area contributed by atoms with Crippen molar-refractivity contribution in [3.8, 4) is 5.69 Å². The summed E-state index contributed by atoms with van der Waals surface area (Å²) in [7, 11) is 0. The summed E-state index contributed by atoms with van der Waals surface area (Å²) in [6, 6.07) is 7.83. The van der Waals surface area contributed by atoms with E-state index in [4.69, 9.17) is 16.7 Å². The average Bonchev–Trinajstić information content (AvgIpc) is 2.36. The molecular formula is C13H11ClN2O4. The second kappa shape index (κ2) is 5.34. The number of hydrogen-bond acceptors (Lipinski definition) is 3. The number of carbonyl (C=O) groups is 1. The van der Waals surface area contributed by atoms with E-state index in [2.05, 4.69) is 0 Å². The predicted molar refractivity (Wildman–Crippen MR) is 73.7 cm³/mol. The van der Waals surface area contributed by atoms with Crippen molar-refractivity contribution < 1.29 is 9.90 Å². The summed E-state index contributed by atoms with van der Waals surface area (Å²) >= 11 is 6.04. The summed E-state index contributed by atoms with van der Waals surface area (Å²) < 4.78 is 1.87. The number of rotatable bonds is 3. The van der Waals surface area contributed by atoms with E-state index in [-0.39, 0.29) is 0 Å². The molecule has 0 saturated heterocycles. The predicted octanol–water partition coefficient (Wildman–Crippen LogP) is 1.05. The molecule has 0 amide bonds. The number of carboxylic acid groups (broad SMARTS) is 1. The smallest absolute Gasteiger partial charge is 0.336 e. The molecule has 0 aliphatic carbocycles. The number of benzene rings is 1. The van der Waals surface area contributed by atoms with E-state index in [1.807, 2.05) is 0 Å². The molecule has 2 aromatic rings. The summed E-state index contributed by atoms with van der Waals surface area (Å²) in [5.41, 5.74) is -0.603. The highest BCUT2D eigenvalue weighted by atomic mass is 35.5. The first-order valence-electron chi connectivity index (χ1n) is 5.72. The van der Waals surface area contributed by atoms with Gasteiger partial charge < -0.3 is 5.11 Å². The minimum absolute atomic E-state index is 0.332. The lowest BCUT2D eigenvalue weighted by Gasteiger charge is -2.13. The van der Waals surface area contributed by atoms with Crippen molar-refractivity contribution in [1.82, 2.24) is 9.13 Å². The Bertz CT molecular complexity index is 792. The largest absolute Gasteiger partial charge is 0.480 e. The Hall–Kier alpha value is -2.34. The highest BCUT2D eigenvalue weighted by Gasteiger charge is 2.14. The Kier molecular flexibility index (Phi) is 3.76. The maximum absolute atomic E-state index is 12.3. The van der Waals surface area contributed by atoms with Gasteiger partial charge in [0.15, 0.2) is 0 Å². The lowest BCUT2D eigenvalue weighted by atomic mass is 10.3. The Morgan fingerprint density at radius 1 is 1.30 bits per heavy atom. The van der Waals surface area contributed by atoms with Crippen LogP contribution in [0.5, 0.6) is 0 Å². The van der Waals surface area contributed by atoms with Crippen LogP contribution in [0.15, 0.2) is 39.9 Å². The zero-order valence-corrected chi connectivity index (χ0v) is 11.3. The van der Waals surface area contributed by atoms with E-state index >= 15 is 0 Å². The fourth-order valence-corrected chi connectivity index (χ4v) is 2.11. The first-order valence-corrected chi connectivity index (χ1v) is 6.10. The number of nitrogens with zero attached hydrogens (tertiary/aromatic N) is 2. The van der Waals surface area contributed by atoms with Crippen LogP contribution in [0.3, 0.4) is 0 Å². The van der Waals surface area contributed by atoms with Gasteiger partial charge in [-0.3, -0.25) is 14.2 Å². The van der Waals surface area contributed by atoms with Gasteiger partial charge in [-0.15, -0.1) is 0 Å². The Morgan fingerprint density at radius 2 is 1.95 bits per heavy atom. The highest BCUT2D eigenvalue weighted by molar-refractivity contribution is 6.32. The molecule has 0 radical (unpaired) electrons. The molecule has 2 rings (SSSR count). The first-order chi connectivity index (χ1) is 9.41. The number of para-hydroxylation sites is 1. The van der Waals surface area contributed by atoms with Crippen LogP contribution in [-0.4, -0.2) is 20.2 Å². The standard InChI is InChI=1S/C13H11ClN2O4/c1-8-6-11(17)15(7-12(18)19)13(20)16(8)10-5-3-2-4-9(10)14/h2-6H,7H2,1H3,(H,18,19). The fourth-order valence-electron chi connectivity index (χ4n) is 1.89. The third kappa shape index (κ3) is 2.50. The molecular weight excluding hydrogens is 284 g/mol. The van der Waals surface area contributed by atoms with Gasteiger partial charge in [0.05, 0.1) is 10.7 Å². The van der Waals surface area contributed by atoms with E-state index in [1.165, 1.54) is 10.6 Å². The molecule has 0 fully saturated rings. The number of carboxylic acids is 1.